The molecule has 0 unspecified atom stereocenters. The fourth-order valence-corrected chi connectivity index (χ4v) is 3.13. The first-order chi connectivity index (χ1) is 12.1. The highest BCUT2D eigenvalue weighted by Gasteiger charge is 2.20. The lowest BCUT2D eigenvalue weighted by Crippen LogP contribution is -2.15. The van der Waals surface area contributed by atoms with Crippen molar-refractivity contribution in [3.05, 3.63) is 106 Å². The number of hydrogen-bond donors (Lipinski definition) is 0. The Hall–Kier alpha value is -2.29. The minimum atomic E-state index is -0.476. The molecule has 0 aliphatic rings. The Morgan fingerprint density at radius 1 is 0.760 bits per heavy atom. The summed E-state index contributed by atoms with van der Waals surface area (Å²) in [5, 5.41) is 0.917. The highest BCUT2D eigenvalue weighted by Crippen LogP contribution is 2.29. The molecule has 0 saturated carbocycles. The van der Waals surface area contributed by atoms with Crippen LogP contribution in [0, 0.1) is 0 Å². The van der Waals surface area contributed by atoms with Crippen LogP contribution < -0.4 is 0 Å². The summed E-state index contributed by atoms with van der Waals surface area (Å²) in [4.78, 5) is 12.5. The van der Waals surface area contributed by atoms with Crippen molar-refractivity contribution in [1.82, 2.24) is 0 Å². The van der Waals surface area contributed by atoms with Crippen molar-refractivity contribution in [3.63, 3.8) is 0 Å². The van der Waals surface area contributed by atoms with E-state index in [9.17, 15) is 4.79 Å². The van der Waals surface area contributed by atoms with E-state index < -0.39 is 6.10 Å². The minimum absolute atomic E-state index is 0.0225. The number of benzene rings is 3. The van der Waals surface area contributed by atoms with Crippen molar-refractivity contribution in [1.29, 1.82) is 0 Å². The van der Waals surface area contributed by atoms with Gasteiger partial charge in [-0.2, -0.15) is 0 Å². The summed E-state index contributed by atoms with van der Waals surface area (Å²) in [6.45, 7) is 0. The van der Waals surface area contributed by atoms with E-state index in [1.165, 1.54) is 0 Å². The van der Waals surface area contributed by atoms with E-state index in [4.69, 9.17) is 27.9 Å². The first-order valence-electron chi connectivity index (χ1n) is 7.87. The lowest BCUT2D eigenvalue weighted by molar-refractivity contribution is -0.146. The Balaban J connectivity index is 1.84. The van der Waals surface area contributed by atoms with Crippen LogP contribution in [0.15, 0.2) is 78.9 Å². The number of rotatable bonds is 5. The molecule has 0 amide bonds. The molecule has 0 aliphatic heterocycles. The van der Waals surface area contributed by atoms with Gasteiger partial charge >= 0.3 is 5.97 Å². The van der Waals surface area contributed by atoms with Gasteiger partial charge in [-0.05, 0) is 23.3 Å². The van der Waals surface area contributed by atoms with Crippen LogP contribution in [0.2, 0.25) is 10.0 Å². The highest BCUT2D eigenvalue weighted by atomic mass is 35.5. The first-order valence-corrected chi connectivity index (χ1v) is 8.63. The Kier molecular flexibility index (Phi) is 5.75. The van der Waals surface area contributed by atoms with Gasteiger partial charge in [-0.1, -0.05) is 89.9 Å². The van der Waals surface area contributed by atoms with Crippen LogP contribution in [0.25, 0.3) is 0 Å². The second-order valence-corrected chi connectivity index (χ2v) is 6.38. The van der Waals surface area contributed by atoms with Gasteiger partial charge in [0.1, 0.15) is 0 Å². The third-order valence-electron chi connectivity index (χ3n) is 3.84. The second kappa shape index (κ2) is 8.19. The summed E-state index contributed by atoms with van der Waals surface area (Å²) in [6, 6.07) is 24.5. The molecule has 0 atom stereocenters. The standard InChI is InChI=1S/C21H16Cl2O2/c22-18-12-7-13-19(23)17(18)14-20(24)25-21(15-8-3-1-4-9-15)16-10-5-2-6-11-16/h1-13,21H,14H2. The molecule has 0 fully saturated rings. The van der Waals surface area contributed by atoms with Crippen molar-refractivity contribution in [2.24, 2.45) is 0 Å². The number of ether oxygens (including phenoxy) is 1. The SMILES string of the molecule is O=C(Cc1c(Cl)cccc1Cl)OC(c1ccccc1)c1ccccc1. The molecule has 0 heterocycles. The summed E-state index contributed by atoms with van der Waals surface area (Å²) >= 11 is 12.3. The number of carbonyl (C=O) groups excluding carboxylic acids is 1. The zero-order valence-electron chi connectivity index (χ0n) is 13.4. The summed E-state index contributed by atoms with van der Waals surface area (Å²) in [5.74, 6) is -0.382. The smallest absolute Gasteiger partial charge is 0.311 e. The van der Waals surface area contributed by atoms with Gasteiger partial charge in [-0.15, -0.1) is 0 Å². The molecule has 0 saturated heterocycles. The van der Waals surface area contributed by atoms with E-state index in [0.29, 0.717) is 15.6 Å². The van der Waals surface area contributed by atoms with Gasteiger partial charge in [0.15, 0.2) is 6.10 Å². The molecular weight excluding hydrogens is 355 g/mol. The number of carbonyl (C=O) groups is 1. The zero-order chi connectivity index (χ0) is 17.6. The number of halogens is 2. The van der Waals surface area contributed by atoms with Gasteiger partial charge in [0.05, 0.1) is 6.42 Å². The predicted molar refractivity (Wildman–Crippen MR) is 101 cm³/mol. The molecule has 3 rings (SSSR count). The Morgan fingerprint density at radius 3 is 1.72 bits per heavy atom. The molecular formula is C21H16Cl2O2. The lowest BCUT2D eigenvalue weighted by atomic mass is 10.0. The summed E-state index contributed by atoms with van der Waals surface area (Å²) in [7, 11) is 0. The highest BCUT2D eigenvalue weighted by molar-refractivity contribution is 6.36. The van der Waals surface area contributed by atoms with Crippen LogP contribution in [-0.4, -0.2) is 5.97 Å². The fourth-order valence-electron chi connectivity index (χ4n) is 2.60. The van der Waals surface area contributed by atoms with Crippen LogP contribution in [0.4, 0.5) is 0 Å². The van der Waals surface area contributed by atoms with Gasteiger partial charge in [-0.3, -0.25) is 4.79 Å². The van der Waals surface area contributed by atoms with E-state index >= 15 is 0 Å². The molecule has 126 valence electrons. The molecule has 0 radical (unpaired) electrons. The van der Waals surface area contributed by atoms with Crippen LogP contribution >= 0.6 is 23.2 Å². The summed E-state index contributed by atoms with van der Waals surface area (Å²) in [6.07, 6.45) is -0.453. The molecule has 0 spiro atoms. The Bertz CT molecular complexity index is 789. The third-order valence-corrected chi connectivity index (χ3v) is 4.54. The molecule has 4 heteroatoms. The molecule has 0 bridgehead atoms. The third kappa shape index (κ3) is 4.41. The lowest BCUT2D eigenvalue weighted by Gasteiger charge is -2.19. The number of hydrogen-bond acceptors (Lipinski definition) is 2. The molecule has 2 nitrogen and oxygen atoms in total. The summed E-state index contributed by atoms with van der Waals surface area (Å²) in [5.41, 5.74) is 2.40. The van der Waals surface area contributed by atoms with E-state index in [1.807, 2.05) is 60.7 Å². The maximum atomic E-state index is 12.5. The van der Waals surface area contributed by atoms with Gasteiger partial charge in [0.2, 0.25) is 0 Å². The predicted octanol–water partition coefficient (Wildman–Crippen LogP) is 5.87. The molecule has 0 aliphatic carbocycles. The van der Waals surface area contributed by atoms with E-state index in [1.54, 1.807) is 18.2 Å². The molecule has 0 aromatic heterocycles. The van der Waals surface area contributed by atoms with Gasteiger partial charge in [-0.25, -0.2) is 0 Å². The molecule has 3 aromatic rings. The van der Waals surface area contributed by atoms with Crippen molar-refractivity contribution in [2.75, 3.05) is 0 Å². The zero-order valence-corrected chi connectivity index (χ0v) is 14.9. The van der Waals surface area contributed by atoms with E-state index in [2.05, 4.69) is 0 Å². The largest absolute Gasteiger partial charge is 0.452 e. The topological polar surface area (TPSA) is 26.3 Å². The van der Waals surface area contributed by atoms with E-state index in [-0.39, 0.29) is 12.4 Å². The van der Waals surface area contributed by atoms with Crippen molar-refractivity contribution in [2.45, 2.75) is 12.5 Å². The second-order valence-electron chi connectivity index (χ2n) is 5.57. The van der Waals surface area contributed by atoms with Crippen molar-refractivity contribution < 1.29 is 9.53 Å². The molecule has 3 aromatic carbocycles. The van der Waals surface area contributed by atoms with Gasteiger partial charge < -0.3 is 4.74 Å². The average molecular weight is 371 g/mol. The van der Waals surface area contributed by atoms with Crippen molar-refractivity contribution >= 4 is 29.2 Å². The Labute approximate surface area is 157 Å². The Morgan fingerprint density at radius 2 is 1.24 bits per heavy atom. The maximum absolute atomic E-state index is 12.5. The fraction of sp³-hybridized carbons (Fsp3) is 0.0952. The van der Waals surface area contributed by atoms with Gasteiger partial charge in [0.25, 0.3) is 0 Å². The molecule has 25 heavy (non-hydrogen) atoms. The molecule has 0 N–H and O–H groups in total. The maximum Gasteiger partial charge on any atom is 0.311 e. The number of esters is 1. The van der Waals surface area contributed by atoms with Crippen LogP contribution in [-0.2, 0) is 16.0 Å². The van der Waals surface area contributed by atoms with Crippen LogP contribution in [0.1, 0.15) is 22.8 Å². The van der Waals surface area contributed by atoms with E-state index in [0.717, 1.165) is 11.1 Å². The van der Waals surface area contributed by atoms with Gasteiger partial charge in [0, 0.05) is 15.6 Å². The normalized spacial score (nSPS) is 10.7. The van der Waals surface area contributed by atoms with Crippen LogP contribution in [0.5, 0.6) is 0 Å². The minimum Gasteiger partial charge on any atom is -0.452 e. The first kappa shape index (κ1) is 17.5. The van der Waals surface area contributed by atoms with Crippen molar-refractivity contribution in [3.8, 4) is 0 Å². The van der Waals surface area contributed by atoms with Crippen LogP contribution in [0.3, 0.4) is 0 Å². The average Bonchev–Trinajstić information content (AvgIpc) is 2.64. The quantitative estimate of drug-likeness (QED) is 0.525. The monoisotopic (exact) mass is 370 g/mol. The summed E-state index contributed by atoms with van der Waals surface area (Å²) < 4.78 is 5.78.